The number of carbonyl (C=O) groups excluding carboxylic acids is 1. The second-order valence-electron chi connectivity index (χ2n) is 5.26. The molecule has 19 heavy (non-hydrogen) atoms. The van der Waals surface area contributed by atoms with Crippen LogP contribution < -0.4 is 11.1 Å². The summed E-state index contributed by atoms with van der Waals surface area (Å²) >= 11 is 0. The second-order valence-corrected chi connectivity index (χ2v) is 5.26. The fraction of sp³-hybridized carbons (Fsp3) is 0.533. The largest absolute Gasteiger partial charge is 0.399 e. The van der Waals surface area contributed by atoms with E-state index in [2.05, 4.69) is 17.1 Å². The maximum atomic E-state index is 12.3. The van der Waals surface area contributed by atoms with Gasteiger partial charge in [-0.05, 0) is 57.0 Å². The van der Waals surface area contributed by atoms with Crippen LogP contribution in [0.15, 0.2) is 24.3 Å². The van der Waals surface area contributed by atoms with E-state index in [1.807, 2.05) is 19.1 Å². The van der Waals surface area contributed by atoms with Gasteiger partial charge in [-0.2, -0.15) is 0 Å². The van der Waals surface area contributed by atoms with Crippen molar-refractivity contribution < 1.29 is 4.79 Å². The molecule has 0 aliphatic heterocycles. The third-order valence-electron chi connectivity index (χ3n) is 3.55. The zero-order valence-electron chi connectivity index (χ0n) is 11.7. The molecule has 1 fully saturated rings. The highest BCUT2D eigenvalue weighted by Crippen LogP contribution is 2.29. The Bertz CT molecular complexity index is 426. The van der Waals surface area contributed by atoms with Crippen molar-refractivity contribution in [3.8, 4) is 0 Å². The summed E-state index contributed by atoms with van der Waals surface area (Å²) in [5, 5.41) is 2.95. The monoisotopic (exact) mass is 261 g/mol. The van der Waals surface area contributed by atoms with Gasteiger partial charge in [0, 0.05) is 17.4 Å². The van der Waals surface area contributed by atoms with E-state index in [1.165, 1.54) is 12.8 Å². The summed E-state index contributed by atoms with van der Waals surface area (Å²) in [6.07, 6.45) is 3.52. The Morgan fingerprint density at radius 2 is 2.05 bits per heavy atom. The van der Waals surface area contributed by atoms with E-state index in [0.29, 0.717) is 11.7 Å². The topological polar surface area (TPSA) is 58.4 Å². The number of nitrogens with zero attached hydrogens (tertiary/aromatic N) is 1. The Hall–Kier alpha value is -1.55. The Morgan fingerprint density at radius 1 is 1.42 bits per heavy atom. The third-order valence-corrected chi connectivity index (χ3v) is 3.55. The number of nitrogens with two attached hydrogens (primary N) is 1. The molecule has 0 aromatic heterocycles. The first-order valence-corrected chi connectivity index (χ1v) is 7.04. The number of rotatable bonds is 6. The molecule has 1 atom stereocenters. The molecule has 1 saturated carbocycles. The van der Waals surface area contributed by atoms with Gasteiger partial charge in [-0.15, -0.1) is 0 Å². The molecule has 1 amide bonds. The van der Waals surface area contributed by atoms with Crippen LogP contribution in [0.4, 0.5) is 11.4 Å². The molecule has 0 heterocycles. The number of nitrogens with one attached hydrogen (secondary N) is 1. The summed E-state index contributed by atoms with van der Waals surface area (Å²) in [4.78, 5) is 14.6. The number of amides is 1. The van der Waals surface area contributed by atoms with Crippen molar-refractivity contribution in [3.63, 3.8) is 0 Å². The van der Waals surface area contributed by atoms with E-state index in [-0.39, 0.29) is 11.9 Å². The van der Waals surface area contributed by atoms with E-state index in [1.54, 1.807) is 12.1 Å². The highest BCUT2D eigenvalue weighted by atomic mass is 16.2. The number of nitrogen functional groups attached to an aromatic ring is 1. The standard InChI is InChI=1S/C15H23N3O/c1-3-10-18(14-8-9-14)11(2)15(19)17-13-6-4-12(16)5-7-13/h4-7,11,14H,3,8-10,16H2,1-2H3,(H,17,19). The molecule has 1 aromatic rings. The molecular formula is C15H23N3O. The predicted molar refractivity (Wildman–Crippen MR) is 79.0 cm³/mol. The fourth-order valence-electron chi connectivity index (χ4n) is 2.32. The van der Waals surface area contributed by atoms with E-state index in [4.69, 9.17) is 5.73 Å². The van der Waals surface area contributed by atoms with Crippen molar-refractivity contribution in [3.05, 3.63) is 24.3 Å². The van der Waals surface area contributed by atoms with Crippen molar-refractivity contribution in [1.82, 2.24) is 4.90 Å². The number of hydrogen-bond donors (Lipinski definition) is 2. The van der Waals surface area contributed by atoms with Gasteiger partial charge in [-0.1, -0.05) is 6.92 Å². The number of carbonyl (C=O) groups is 1. The van der Waals surface area contributed by atoms with E-state index >= 15 is 0 Å². The number of hydrogen-bond acceptors (Lipinski definition) is 3. The lowest BCUT2D eigenvalue weighted by molar-refractivity contribution is -0.121. The number of benzene rings is 1. The lowest BCUT2D eigenvalue weighted by Crippen LogP contribution is -2.43. The van der Waals surface area contributed by atoms with Crippen LogP contribution in [-0.4, -0.2) is 29.4 Å². The summed E-state index contributed by atoms with van der Waals surface area (Å²) in [5.74, 6) is 0.0603. The molecule has 1 unspecified atom stereocenters. The predicted octanol–water partition coefficient (Wildman–Crippen LogP) is 2.47. The Balaban J connectivity index is 1.95. The summed E-state index contributed by atoms with van der Waals surface area (Å²) in [6.45, 7) is 5.13. The fourth-order valence-corrected chi connectivity index (χ4v) is 2.32. The zero-order valence-corrected chi connectivity index (χ0v) is 11.7. The minimum absolute atomic E-state index is 0.0603. The minimum Gasteiger partial charge on any atom is -0.399 e. The molecule has 0 bridgehead atoms. The maximum absolute atomic E-state index is 12.3. The van der Waals surface area contributed by atoms with Gasteiger partial charge in [0.05, 0.1) is 6.04 Å². The first-order valence-electron chi connectivity index (χ1n) is 7.04. The van der Waals surface area contributed by atoms with E-state index in [0.717, 1.165) is 18.7 Å². The Labute approximate surface area is 115 Å². The molecule has 1 aliphatic rings. The Kier molecular flexibility index (Phi) is 4.43. The van der Waals surface area contributed by atoms with Crippen LogP contribution in [0.1, 0.15) is 33.1 Å². The van der Waals surface area contributed by atoms with Crippen LogP contribution in [0.5, 0.6) is 0 Å². The summed E-state index contributed by atoms with van der Waals surface area (Å²) in [6, 6.07) is 7.79. The van der Waals surface area contributed by atoms with Gasteiger partial charge >= 0.3 is 0 Å². The Morgan fingerprint density at radius 3 is 2.58 bits per heavy atom. The van der Waals surface area contributed by atoms with Crippen LogP contribution in [0, 0.1) is 0 Å². The molecule has 0 radical (unpaired) electrons. The van der Waals surface area contributed by atoms with Crippen LogP contribution in [-0.2, 0) is 4.79 Å². The van der Waals surface area contributed by atoms with Gasteiger partial charge in [-0.25, -0.2) is 0 Å². The molecule has 3 N–H and O–H groups in total. The van der Waals surface area contributed by atoms with Crippen molar-refractivity contribution in [1.29, 1.82) is 0 Å². The lowest BCUT2D eigenvalue weighted by Gasteiger charge is -2.27. The molecule has 0 spiro atoms. The maximum Gasteiger partial charge on any atom is 0.241 e. The average Bonchev–Trinajstić information content (AvgIpc) is 3.22. The van der Waals surface area contributed by atoms with Gasteiger partial charge < -0.3 is 11.1 Å². The molecule has 2 rings (SSSR count). The quantitative estimate of drug-likeness (QED) is 0.773. The number of anilines is 2. The van der Waals surface area contributed by atoms with Gasteiger partial charge in [0.1, 0.15) is 0 Å². The smallest absolute Gasteiger partial charge is 0.241 e. The van der Waals surface area contributed by atoms with Crippen LogP contribution >= 0.6 is 0 Å². The van der Waals surface area contributed by atoms with Gasteiger partial charge in [-0.3, -0.25) is 9.69 Å². The molecular weight excluding hydrogens is 238 g/mol. The van der Waals surface area contributed by atoms with Crippen molar-refractivity contribution in [2.45, 2.75) is 45.2 Å². The van der Waals surface area contributed by atoms with Gasteiger partial charge in [0.2, 0.25) is 5.91 Å². The molecule has 1 aliphatic carbocycles. The first kappa shape index (κ1) is 13.9. The second kappa shape index (κ2) is 6.06. The van der Waals surface area contributed by atoms with Gasteiger partial charge in [0.25, 0.3) is 0 Å². The lowest BCUT2D eigenvalue weighted by atomic mass is 10.2. The third kappa shape index (κ3) is 3.70. The van der Waals surface area contributed by atoms with Crippen LogP contribution in [0.25, 0.3) is 0 Å². The van der Waals surface area contributed by atoms with E-state index < -0.39 is 0 Å². The highest BCUT2D eigenvalue weighted by Gasteiger charge is 2.34. The minimum atomic E-state index is -0.0787. The highest BCUT2D eigenvalue weighted by molar-refractivity contribution is 5.94. The molecule has 4 heteroatoms. The molecule has 4 nitrogen and oxygen atoms in total. The molecule has 104 valence electrons. The first-order chi connectivity index (χ1) is 9.11. The molecule has 0 saturated heterocycles. The SMILES string of the molecule is CCCN(C1CC1)C(C)C(=O)Nc1ccc(N)cc1. The van der Waals surface area contributed by atoms with Crippen LogP contribution in [0.3, 0.4) is 0 Å². The normalized spacial score (nSPS) is 16.4. The molecule has 1 aromatic carbocycles. The van der Waals surface area contributed by atoms with Crippen LogP contribution in [0.2, 0.25) is 0 Å². The van der Waals surface area contributed by atoms with E-state index in [9.17, 15) is 4.79 Å². The van der Waals surface area contributed by atoms with Crippen molar-refractivity contribution >= 4 is 17.3 Å². The average molecular weight is 261 g/mol. The van der Waals surface area contributed by atoms with Gasteiger partial charge in [0.15, 0.2) is 0 Å². The van der Waals surface area contributed by atoms with Crippen molar-refractivity contribution in [2.75, 3.05) is 17.6 Å². The summed E-state index contributed by atoms with van der Waals surface area (Å²) < 4.78 is 0. The van der Waals surface area contributed by atoms with Crippen molar-refractivity contribution in [2.24, 2.45) is 0 Å². The summed E-state index contributed by atoms with van der Waals surface area (Å²) in [5.41, 5.74) is 7.14. The summed E-state index contributed by atoms with van der Waals surface area (Å²) in [7, 11) is 0. The zero-order chi connectivity index (χ0) is 13.8.